The zero-order valence-electron chi connectivity index (χ0n) is 11.2. The summed E-state index contributed by atoms with van der Waals surface area (Å²) in [4.78, 5) is 21.1. The van der Waals surface area contributed by atoms with Crippen molar-refractivity contribution in [3.8, 4) is 11.5 Å². The van der Waals surface area contributed by atoms with Gasteiger partial charge in [0, 0.05) is 17.7 Å². The van der Waals surface area contributed by atoms with Crippen LogP contribution in [0.25, 0.3) is 0 Å². The Labute approximate surface area is 110 Å². The Balaban J connectivity index is 3.51. The number of carbonyl (C=O) groups is 1. The molecule has 0 spiro atoms. The second-order valence-corrected chi connectivity index (χ2v) is 4.95. The molecule has 0 fully saturated rings. The SMILES string of the molecule is COc1cc(OC(N)=O)c([N+](=O)[O-])cc1C(C)(C)C. The molecule has 0 unspecified atom stereocenters. The molecule has 1 aromatic carbocycles. The van der Waals surface area contributed by atoms with Gasteiger partial charge in [0.1, 0.15) is 5.75 Å². The quantitative estimate of drug-likeness (QED) is 0.669. The predicted molar refractivity (Wildman–Crippen MR) is 68.6 cm³/mol. The summed E-state index contributed by atoms with van der Waals surface area (Å²) in [7, 11) is 1.43. The summed E-state index contributed by atoms with van der Waals surface area (Å²) in [6.45, 7) is 5.68. The highest BCUT2D eigenvalue weighted by atomic mass is 16.6. The third kappa shape index (κ3) is 3.34. The van der Waals surface area contributed by atoms with Gasteiger partial charge < -0.3 is 15.2 Å². The molecular weight excluding hydrogens is 252 g/mol. The van der Waals surface area contributed by atoms with E-state index in [9.17, 15) is 14.9 Å². The summed E-state index contributed by atoms with van der Waals surface area (Å²) in [5.74, 6) is 0.164. The first kappa shape index (κ1) is 14.7. The topological polar surface area (TPSA) is 105 Å². The number of nitrogens with two attached hydrogens (primary N) is 1. The van der Waals surface area contributed by atoms with Crippen molar-refractivity contribution in [2.45, 2.75) is 26.2 Å². The molecule has 1 aromatic rings. The number of nitrogens with zero attached hydrogens (tertiary/aromatic N) is 1. The average molecular weight is 268 g/mol. The second kappa shape index (κ2) is 5.13. The molecule has 0 bridgehead atoms. The van der Waals surface area contributed by atoms with Crippen LogP contribution in [-0.4, -0.2) is 18.1 Å². The molecule has 1 amide bonds. The van der Waals surface area contributed by atoms with Crippen LogP contribution in [0.4, 0.5) is 10.5 Å². The number of amides is 1. The summed E-state index contributed by atoms with van der Waals surface area (Å²) in [5.41, 5.74) is 4.83. The van der Waals surface area contributed by atoms with Crippen molar-refractivity contribution in [3.05, 3.63) is 27.8 Å². The molecule has 1 rings (SSSR count). The molecule has 104 valence electrons. The first-order valence-electron chi connectivity index (χ1n) is 5.51. The van der Waals surface area contributed by atoms with Crippen molar-refractivity contribution in [1.82, 2.24) is 0 Å². The van der Waals surface area contributed by atoms with Crippen LogP contribution in [0.2, 0.25) is 0 Å². The molecule has 0 aliphatic carbocycles. The highest BCUT2D eigenvalue weighted by molar-refractivity contribution is 5.71. The van der Waals surface area contributed by atoms with E-state index in [1.165, 1.54) is 19.2 Å². The fraction of sp³-hybridized carbons (Fsp3) is 0.417. The molecule has 0 radical (unpaired) electrons. The third-order valence-electron chi connectivity index (χ3n) is 2.50. The minimum absolute atomic E-state index is 0.234. The minimum Gasteiger partial charge on any atom is -0.496 e. The van der Waals surface area contributed by atoms with E-state index in [2.05, 4.69) is 4.74 Å². The van der Waals surface area contributed by atoms with E-state index in [1.54, 1.807) is 0 Å². The molecule has 2 N–H and O–H groups in total. The number of nitro benzene ring substituents is 1. The average Bonchev–Trinajstić information content (AvgIpc) is 2.25. The lowest BCUT2D eigenvalue weighted by atomic mass is 9.86. The fourth-order valence-electron chi connectivity index (χ4n) is 1.64. The summed E-state index contributed by atoms with van der Waals surface area (Å²) >= 11 is 0. The third-order valence-corrected chi connectivity index (χ3v) is 2.50. The summed E-state index contributed by atoms with van der Waals surface area (Å²) in [6.07, 6.45) is -1.12. The lowest BCUT2D eigenvalue weighted by Crippen LogP contribution is -2.18. The highest BCUT2D eigenvalue weighted by Gasteiger charge is 2.27. The van der Waals surface area contributed by atoms with Gasteiger partial charge in [-0.3, -0.25) is 10.1 Å². The normalized spacial score (nSPS) is 10.9. The Bertz CT molecular complexity index is 520. The Morgan fingerprint density at radius 1 is 1.32 bits per heavy atom. The van der Waals surface area contributed by atoms with Crippen molar-refractivity contribution < 1.29 is 19.2 Å². The fourth-order valence-corrected chi connectivity index (χ4v) is 1.64. The van der Waals surface area contributed by atoms with Gasteiger partial charge in [-0.25, -0.2) is 4.79 Å². The molecule has 7 nitrogen and oxygen atoms in total. The Kier molecular flexibility index (Phi) is 3.98. The number of methoxy groups -OCH3 is 1. The molecule has 0 atom stereocenters. The van der Waals surface area contributed by atoms with E-state index >= 15 is 0 Å². The van der Waals surface area contributed by atoms with Gasteiger partial charge in [-0.1, -0.05) is 20.8 Å². The highest BCUT2D eigenvalue weighted by Crippen LogP contribution is 2.40. The van der Waals surface area contributed by atoms with Crippen LogP contribution in [0.1, 0.15) is 26.3 Å². The molecular formula is C12H16N2O5. The first-order chi connectivity index (χ1) is 8.66. The number of ether oxygens (including phenoxy) is 2. The van der Waals surface area contributed by atoms with Crippen molar-refractivity contribution in [2.75, 3.05) is 7.11 Å². The van der Waals surface area contributed by atoms with E-state index in [0.717, 1.165) is 0 Å². The van der Waals surface area contributed by atoms with Gasteiger partial charge >= 0.3 is 11.8 Å². The number of benzene rings is 1. The van der Waals surface area contributed by atoms with Gasteiger partial charge in [0.2, 0.25) is 5.75 Å². The molecule has 7 heteroatoms. The maximum Gasteiger partial charge on any atom is 0.410 e. The van der Waals surface area contributed by atoms with Gasteiger partial charge in [0.05, 0.1) is 12.0 Å². The zero-order chi connectivity index (χ0) is 14.8. The van der Waals surface area contributed by atoms with Crippen LogP contribution in [0.15, 0.2) is 12.1 Å². The van der Waals surface area contributed by atoms with Crippen molar-refractivity contribution >= 4 is 11.8 Å². The number of primary amides is 1. The van der Waals surface area contributed by atoms with E-state index in [0.29, 0.717) is 11.3 Å². The lowest BCUT2D eigenvalue weighted by molar-refractivity contribution is -0.385. The van der Waals surface area contributed by atoms with Gasteiger partial charge in [-0.15, -0.1) is 0 Å². The van der Waals surface area contributed by atoms with Crippen LogP contribution in [0.5, 0.6) is 11.5 Å². The van der Waals surface area contributed by atoms with Crippen LogP contribution in [-0.2, 0) is 5.41 Å². The van der Waals surface area contributed by atoms with Crippen LogP contribution < -0.4 is 15.2 Å². The maximum atomic E-state index is 11.0. The van der Waals surface area contributed by atoms with Gasteiger partial charge in [-0.2, -0.15) is 0 Å². The Morgan fingerprint density at radius 2 is 1.89 bits per heavy atom. The summed E-state index contributed by atoms with van der Waals surface area (Å²) in [5, 5.41) is 11.0. The molecule has 0 heterocycles. The molecule has 0 saturated carbocycles. The predicted octanol–water partition coefficient (Wildman–Crippen LogP) is 2.36. The molecule has 0 aliphatic heterocycles. The number of carbonyl (C=O) groups excluding carboxylic acids is 1. The van der Waals surface area contributed by atoms with E-state index in [1.807, 2.05) is 20.8 Å². The largest absolute Gasteiger partial charge is 0.496 e. The second-order valence-electron chi connectivity index (χ2n) is 4.95. The number of rotatable bonds is 3. The maximum absolute atomic E-state index is 11.0. The Morgan fingerprint density at radius 3 is 2.26 bits per heavy atom. The number of hydrogen-bond donors (Lipinski definition) is 1. The van der Waals surface area contributed by atoms with E-state index in [-0.39, 0.29) is 16.9 Å². The number of nitro groups is 1. The molecule has 19 heavy (non-hydrogen) atoms. The smallest absolute Gasteiger partial charge is 0.410 e. The van der Waals surface area contributed by atoms with Crippen molar-refractivity contribution in [3.63, 3.8) is 0 Å². The Hall–Kier alpha value is -2.31. The van der Waals surface area contributed by atoms with Gasteiger partial charge in [0.15, 0.2) is 0 Å². The molecule has 0 aromatic heterocycles. The van der Waals surface area contributed by atoms with E-state index in [4.69, 9.17) is 10.5 Å². The lowest BCUT2D eigenvalue weighted by Gasteiger charge is -2.22. The van der Waals surface area contributed by atoms with Crippen LogP contribution >= 0.6 is 0 Å². The van der Waals surface area contributed by atoms with Gasteiger partial charge in [0.25, 0.3) is 0 Å². The van der Waals surface area contributed by atoms with Gasteiger partial charge in [-0.05, 0) is 5.41 Å². The first-order valence-corrected chi connectivity index (χ1v) is 5.51. The van der Waals surface area contributed by atoms with Crippen LogP contribution in [0, 0.1) is 10.1 Å². The minimum atomic E-state index is -1.12. The summed E-state index contributed by atoms with van der Waals surface area (Å²) in [6, 6.07) is 2.63. The van der Waals surface area contributed by atoms with E-state index < -0.39 is 11.0 Å². The van der Waals surface area contributed by atoms with Crippen molar-refractivity contribution in [1.29, 1.82) is 0 Å². The monoisotopic (exact) mass is 268 g/mol. The number of hydrogen-bond acceptors (Lipinski definition) is 5. The molecule has 0 aliphatic rings. The molecule has 0 saturated heterocycles. The zero-order valence-corrected chi connectivity index (χ0v) is 11.2. The summed E-state index contributed by atoms with van der Waals surface area (Å²) < 4.78 is 9.81. The van der Waals surface area contributed by atoms with Crippen LogP contribution in [0.3, 0.4) is 0 Å². The standard InChI is InChI=1S/C12H16N2O5/c1-12(2,3)7-5-8(14(16)17)10(19-11(13)15)6-9(7)18-4/h5-6H,1-4H3,(H2,13,15). The van der Waals surface area contributed by atoms with Crippen molar-refractivity contribution in [2.24, 2.45) is 5.73 Å².